The Morgan fingerprint density at radius 1 is 1.00 bits per heavy atom. The zero-order valence-electron chi connectivity index (χ0n) is 16.5. The normalized spacial score (nSPS) is 10.7. The highest BCUT2D eigenvalue weighted by molar-refractivity contribution is 6.03. The fourth-order valence-electron chi connectivity index (χ4n) is 3.13. The van der Waals surface area contributed by atoms with E-state index in [1.165, 1.54) is 0 Å². The Bertz CT molecular complexity index is 1140. The second-order valence-corrected chi connectivity index (χ2v) is 6.63. The molecule has 2 aromatic heterocycles. The zero-order chi connectivity index (χ0) is 20.4. The van der Waals surface area contributed by atoms with Crippen LogP contribution >= 0.6 is 0 Å². The SMILES string of the molecule is COc1ccc(-n2nc(C)cc2C(=O)Nc2ccc(-n3ccnc3C)cc2)cc1. The highest BCUT2D eigenvalue weighted by atomic mass is 16.5. The van der Waals surface area contributed by atoms with E-state index in [1.54, 1.807) is 24.1 Å². The first kappa shape index (κ1) is 18.5. The number of anilines is 1. The number of methoxy groups -OCH3 is 1. The van der Waals surface area contributed by atoms with Crippen molar-refractivity contribution < 1.29 is 9.53 Å². The molecule has 0 spiro atoms. The van der Waals surface area contributed by atoms with Gasteiger partial charge in [-0.05, 0) is 68.4 Å². The smallest absolute Gasteiger partial charge is 0.274 e. The number of ether oxygens (including phenoxy) is 1. The fourth-order valence-corrected chi connectivity index (χ4v) is 3.13. The number of amides is 1. The average molecular weight is 387 g/mol. The minimum absolute atomic E-state index is 0.229. The summed E-state index contributed by atoms with van der Waals surface area (Å²) in [6.45, 7) is 3.80. The molecule has 0 saturated carbocycles. The van der Waals surface area contributed by atoms with Crippen molar-refractivity contribution in [3.05, 3.63) is 84.2 Å². The number of nitrogens with one attached hydrogen (secondary N) is 1. The van der Waals surface area contributed by atoms with Gasteiger partial charge in [-0.25, -0.2) is 9.67 Å². The van der Waals surface area contributed by atoms with Crippen LogP contribution in [0.5, 0.6) is 5.75 Å². The van der Waals surface area contributed by atoms with Gasteiger partial charge in [0.1, 0.15) is 17.3 Å². The summed E-state index contributed by atoms with van der Waals surface area (Å²) in [4.78, 5) is 17.1. The van der Waals surface area contributed by atoms with Crippen LogP contribution in [0.4, 0.5) is 5.69 Å². The summed E-state index contributed by atoms with van der Waals surface area (Å²) in [6.07, 6.45) is 3.66. The minimum atomic E-state index is -0.229. The second kappa shape index (κ2) is 7.63. The van der Waals surface area contributed by atoms with E-state index in [4.69, 9.17) is 4.74 Å². The summed E-state index contributed by atoms with van der Waals surface area (Å²) >= 11 is 0. The van der Waals surface area contributed by atoms with E-state index in [-0.39, 0.29) is 5.91 Å². The first-order chi connectivity index (χ1) is 14.0. The lowest BCUT2D eigenvalue weighted by Gasteiger charge is -2.10. The van der Waals surface area contributed by atoms with Gasteiger partial charge in [0.25, 0.3) is 5.91 Å². The largest absolute Gasteiger partial charge is 0.497 e. The molecule has 0 saturated heterocycles. The highest BCUT2D eigenvalue weighted by Gasteiger charge is 2.16. The Kier molecular flexibility index (Phi) is 4.87. The van der Waals surface area contributed by atoms with Gasteiger partial charge in [0.2, 0.25) is 0 Å². The standard InChI is InChI=1S/C22H21N5O2/c1-15-14-21(27(25-15)19-8-10-20(29-3)11-9-19)22(28)24-17-4-6-18(7-5-17)26-13-12-23-16(26)2/h4-14H,1-3H3,(H,24,28). The third kappa shape index (κ3) is 3.75. The van der Waals surface area contributed by atoms with Gasteiger partial charge in [-0.3, -0.25) is 4.79 Å². The lowest BCUT2D eigenvalue weighted by Crippen LogP contribution is -2.17. The van der Waals surface area contributed by atoms with Crippen LogP contribution in [0.1, 0.15) is 22.0 Å². The molecule has 7 heteroatoms. The van der Waals surface area contributed by atoms with Gasteiger partial charge in [-0.15, -0.1) is 0 Å². The molecule has 2 heterocycles. The van der Waals surface area contributed by atoms with Gasteiger partial charge < -0.3 is 14.6 Å². The van der Waals surface area contributed by atoms with Crippen molar-refractivity contribution in [3.8, 4) is 17.1 Å². The Morgan fingerprint density at radius 2 is 1.69 bits per heavy atom. The quantitative estimate of drug-likeness (QED) is 0.563. The molecule has 0 unspecified atom stereocenters. The van der Waals surface area contributed by atoms with Crippen LogP contribution in [0.2, 0.25) is 0 Å². The topological polar surface area (TPSA) is 74.0 Å². The molecular formula is C22H21N5O2. The lowest BCUT2D eigenvalue weighted by atomic mass is 10.2. The molecule has 7 nitrogen and oxygen atoms in total. The predicted molar refractivity (Wildman–Crippen MR) is 111 cm³/mol. The van der Waals surface area contributed by atoms with E-state index < -0.39 is 0 Å². The van der Waals surface area contributed by atoms with Gasteiger partial charge >= 0.3 is 0 Å². The van der Waals surface area contributed by atoms with Crippen LogP contribution in [-0.4, -0.2) is 32.3 Å². The Hall–Kier alpha value is -3.87. The van der Waals surface area contributed by atoms with Crippen LogP contribution in [0.15, 0.2) is 67.0 Å². The summed E-state index contributed by atoms with van der Waals surface area (Å²) in [7, 11) is 1.62. The molecule has 0 aliphatic heterocycles. The van der Waals surface area contributed by atoms with Crippen LogP contribution in [0, 0.1) is 13.8 Å². The summed E-state index contributed by atoms with van der Waals surface area (Å²) in [6, 6.07) is 16.8. The third-order valence-corrected chi connectivity index (χ3v) is 4.61. The van der Waals surface area contributed by atoms with Gasteiger partial charge in [-0.2, -0.15) is 5.10 Å². The third-order valence-electron chi connectivity index (χ3n) is 4.61. The van der Waals surface area contributed by atoms with E-state index in [0.29, 0.717) is 11.4 Å². The Balaban J connectivity index is 1.56. The van der Waals surface area contributed by atoms with Crippen molar-refractivity contribution in [2.45, 2.75) is 13.8 Å². The lowest BCUT2D eigenvalue weighted by molar-refractivity contribution is 0.101. The molecule has 4 aromatic rings. The molecule has 2 aromatic carbocycles. The summed E-state index contributed by atoms with van der Waals surface area (Å²) < 4.78 is 8.81. The van der Waals surface area contributed by atoms with Crippen molar-refractivity contribution in [1.82, 2.24) is 19.3 Å². The van der Waals surface area contributed by atoms with E-state index in [0.717, 1.165) is 28.6 Å². The van der Waals surface area contributed by atoms with Gasteiger partial charge in [-0.1, -0.05) is 0 Å². The number of carbonyl (C=O) groups excluding carboxylic acids is 1. The second-order valence-electron chi connectivity index (χ2n) is 6.63. The van der Waals surface area contributed by atoms with E-state index >= 15 is 0 Å². The van der Waals surface area contributed by atoms with Crippen LogP contribution in [0.25, 0.3) is 11.4 Å². The van der Waals surface area contributed by atoms with Crippen molar-refractivity contribution in [3.63, 3.8) is 0 Å². The number of nitrogens with zero attached hydrogens (tertiary/aromatic N) is 4. The summed E-state index contributed by atoms with van der Waals surface area (Å²) in [5, 5.41) is 7.40. The first-order valence-corrected chi connectivity index (χ1v) is 9.18. The maximum absolute atomic E-state index is 12.9. The molecule has 4 rings (SSSR count). The number of rotatable bonds is 5. The van der Waals surface area contributed by atoms with E-state index in [1.807, 2.05) is 73.1 Å². The molecular weight excluding hydrogens is 366 g/mol. The number of aryl methyl sites for hydroxylation is 2. The molecule has 1 N–H and O–H groups in total. The van der Waals surface area contributed by atoms with Crippen molar-refractivity contribution in [2.24, 2.45) is 0 Å². The minimum Gasteiger partial charge on any atom is -0.497 e. The summed E-state index contributed by atoms with van der Waals surface area (Å²) in [5.41, 5.74) is 3.70. The van der Waals surface area contributed by atoms with E-state index in [2.05, 4.69) is 15.4 Å². The fraction of sp³-hybridized carbons (Fsp3) is 0.136. The summed E-state index contributed by atoms with van der Waals surface area (Å²) in [5.74, 6) is 1.42. The molecule has 0 radical (unpaired) electrons. The molecule has 0 atom stereocenters. The highest BCUT2D eigenvalue weighted by Crippen LogP contribution is 2.19. The van der Waals surface area contributed by atoms with Crippen LogP contribution in [-0.2, 0) is 0 Å². The number of carbonyl (C=O) groups is 1. The molecule has 0 aliphatic rings. The number of imidazole rings is 1. The number of benzene rings is 2. The van der Waals surface area contributed by atoms with Gasteiger partial charge in [0.05, 0.1) is 18.5 Å². The molecule has 146 valence electrons. The number of aromatic nitrogens is 4. The number of hydrogen-bond acceptors (Lipinski definition) is 4. The Morgan fingerprint density at radius 3 is 2.31 bits per heavy atom. The zero-order valence-corrected chi connectivity index (χ0v) is 16.5. The van der Waals surface area contributed by atoms with Crippen molar-refractivity contribution >= 4 is 11.6 Å². The van der Waals surface area contributed by atoms with Crippen molar-refractivity contribution in [2.75, 3.05) is 12.4 Å². The monoisotopic (exact) mass is 387 g/mol. The average Bonchev–Trinajstić information content (AvgIpc) is 3.34. The van der Waals surface area contributed by atoms with E-state index in [9.17, 15) is 4.79 Å². The molecule has 1 amide bonds. The van der Waals surface area contributed by atoms with Gasteiger partial charge in [0, 0.05) is 23.8 Å². The number of hydrogen-bond donors (Lipinski definition) is 1. The first-order valence-electron chi connectivity index (χ1n) is 9.18. The maximum atomic E-state index is 12.9. The van der Waals surface area contributed by atoms with Gasteiger partial charge in [0.15, 0.2) is 0 Å². The molecule has 0 aliphatic carbocycles. The van der Waals surface area contributed by atoms with Crippen LogP contribution < -0.4 is 10.1 Å². The maximum Gasteiger partial charge on any atom is 0.274 e. The Labute approximate surface area is 168 Å². The predicted octanol–water partition coefficient (Wildman–Crippen LogP) is 3.94. The molecule has 0 bridgehead atoms. The molecule has 29 heavy (non-hydrogen) atoms. The van der Waals surface area contributed by atoms with Crippen molar-refractivity contribution in [1.29, 1.82) is 0 Å². The van der Waals surface area contributed by atoms with Crippen LogP contribution in [0.3, 0.4) is 0 Å². The molecule has 0 fully saturated rings.